The zero-order valence-electron chi connectivity index (χ0n) is 10.2. The second-order valence-corrected chi connectivity index (χ2v) is 6.15. The first kappa shape index (κ1) is 9.69. The second-order valence-electron chi connectivity index (χ2n) is 6.15. The molecule has 0 aromatic heterocycles. The Morgan fingerprint density at radius 1 is 1.53 bits per heavy atom. The fraction of sp³-hybridized carbons (Fsp3) is 0.533. The summed E-state index contributed by atoms with van der Waals surface area (Å²) < 4.78 is 5.37. The lowest BCUT2D eigenvalue weighted by atomic mass is 9.67. The summed E-state index contributed by atoms with van der Waals surface area (Å²) in [6.45, 7) is 8.47. The third-order valence-electron chi connectivity index (χ3n) is 5.37. The highest BCUT2D eigenvalue weighted by Gasteiger charge is 2.63. The monoisotopic (exact) mass is 228 g/mol. The molecule has 4 aliphatic rings. The summed E-state index contributed by atoms with van der Waals surface area (Å²) in [7, 11) is 0. The van der Waals surface area contributed by atoms with Gasteiger partial charge in [-0.3, -0.25) is 0 Å². The van der Waals surface area contributed by atoms with Crippen LogP contribution in [0, 0.1) is 23.2 Å². The summed E-state index contributed by atoms with van der Waals surface area (Å²) in [4.78, 5) is 11.6. The van der Waals surface area contributed by atoms with Gasteiger partial charge in [-0.15, -0.1) is 0 Å². The molecular weight excluding hydrogens is 212 g/mol. The minimum absolute atomic E-state index is 0.159. The number of fused-ring (bicyclic) bond motifs is 4. The first-order valence-corrected chi connectivity index (χ1v) is 6.36. The highest BCUT2D eigenvalue weighted by Crippen LogP contribution is 2.70. The number of allylic oxidation sites excluding steroid dienone is 3. The van der Waals surface area contributed by atoms with Crippen molar-refractivity contribution in [1.29, 1.82) is 0 Å². The maximum atomic E-state index is 11.6. The molecular formula is C15H16O2. The van der Waals surface area contributed by atoms with E-state index in [9.17, 15) is 4.79 Å². The van der Waals surface area contributed by atoms with Crippen LogP contribution < -0.4 is 0 Å². The molecule has 2 nitrogen and oxygen atoms in total. The fourth-order valence-electron chi connectivity index (χ4n) is 4.17. The van der Waals surface area contributed by atoms with Crippen molar-refractivity contribution in [2.24, 2.45) is 23.2 Å². The molecule has 0 spiro atoms. The first-order valence-electron chi connectivity index (χ1n) is 6.36. The Labute approximate surface area is 101 Å². The van der Waals surface area contributed by atoms with E-state index < -0.39 is 0 Å². The van der Waals surface area contributed by atoms with E-state index in [1.165, 1.54) is 12.0 Å². The van der Waals surface area contributed by atoms with Crippen LogP contribution in [0.15, 0.2) is 35.1 Å². The Balaban J connectivity index is 1.88. The maximum Gasteiger partial charge on any atom is 0.339 e. The zero-order chi connectivity index (χ0) is 11.9. The summed E-state index contributed by atoms with van der Waals surface area (Å²) in [5.41, 5.74) is 3.52. The normalized spacial score (nSPS) is 46.2. The van der Waals surface area contributed by atoms with Crippen molar-refractivity contribution in [1.82, 2.24) is 0 Å². The summed E-state index contributed by atoms with van der Waals surface area (Å²) in [5, 5.41) is 0. The Morgan fingerprint density at radius 2 is 2.29 bits per heavy atom. The summed E-state index contributed by atoms with van der Waals surface area (Å²) >= 11 is 0. The van der Waals surface area contributed by atoms with Gasteiger partial charge in [-0.2, -0.15) is 0 Å². The molecule has 0 aromatic carbocycles. The van der Waals surface area contributed by atoms with Gasteiger partial charge in [0.1, 0.15) is 5.76 Å². The average Bonchev–Trinajstić information content (AvgIpc) is 2.99. The number of ether oxygens (including phenoxy) is 1. The molecule has 17 heavy (non-hydrogen) atoms. The number of esters is 1. The van der Waals surface area contributed by atoms with Gasteiger partial charge in [0.15, 0.2) is 0 Å². The summed E-state index contributed by atoms with van der Waals surface area (Å²) in [6, 6.07) is 0. The van der Waals surface area contributed by atoms with Gasteiger partial charge in [0.05, 0.1) is 0 Å². The van der Waals surface area contributed by atoms with Crippen LogP contribution in [0.5, 0.6) is 0 Å². The minimum Gasteiger partial charge on any atom is -0.423 e. The zero-order valence-corrected chi connectivity index (χ0v) is 10.2. The van der Waals surface area contributed by atoms with Crippen LogP contribution in [0.4, 0.5) is 0 Å². The Morgan fingerprint density at radius 3 is 3.06 bits per heavy atom. The van der Waals surface area contributed by atoms with Gasteiger partial charge in [0.25, 0.3) is 0 Å². The molecule has 0 N–H and O–H groups in total. The highest BCUT2D eigenvalue weighted by atomic mass is 16.5. The van der Waals surface area contributed by atoms with E-state index in [0.29, 0.717) is 5.92 Å². The Bertz CT molecular complexity index is 537. The van der Waals surface area contributed by atoms with E-state index in [0.717, 1.165) is 35.2 Å². The van der Waals surface area contributed by atoms with Crippen molar-refractivity contribution < 1.29 is 9.53 Å². The van der Waals surface area contributed by atoms with E-state index in [1.54, 1.807) is 0 Å². The molecule has 2 heteroatoms. The third kappa shape index (κ3) is 0.958. The summed E-state index contributed by atoms with van der Waals surface area (Å²) in [5.74, 6) is 2.68. The predicted molar refractivity (Wildman–Crippen MR) is 63.8 cm³/mol. The van der Waals surface area contributed by atoms with E-state index in [2.05, 4.69) is 19.6 Å². The van der Waals surface area contributed by atoms with Gasteiger partial charge in [0.2, 0.25) is 0 Å². The molecule has 0 unspecified atom stereocenters. The van der Waals surface area contributed by atoms with Crippen LogP contribution in [0.25, 0.3) is 0 Å². The minimum atomic E-state index is -0.159. The number of hydrogen-bond acceptors (Lipinski definition) is 2. The van der Waals surface area contributed by atoms with Gasteiger partial charge >= 0.3 is 5.97 Å². The van der Waals surface area contributed by atoms with Crippen molar-refractivity contribution in [3.8, 4) is 0 Å². The molecule has 2 saturated carbocycles. The predicted octanol–water partition coefficient (Wildman–Crippen LogP) is 2.98. The number of rotatable bonds is 0. The van der Waals surface area contributed by atoms with Crippen molar-refractivity contribution >= 4 is 5.97 Å². The van der Waals surface area contributed by atoms with Crippen LogP contribution in [-0.4, -0.2) is 5.97 Å². The SMILES string of the molecule is C=C1[C@H]2C[C@H]2[C@@]2(C)C=C3OC(=O)C(C)=C3C[C@@H]12. The van der Waals surface area contributed by atoms with Crippen molar-refractivity contribution in [2.45, 2.75) is 26.7 Å². The third-order valence-corrected chi connectivity index (χ3v) is 5.37. The van der Waals surface area contributed by atoms with Crippen molar-refractivity contribution in [3.05, 3.63) is 35.1 Å². The van der Waals surface area contributed by atoms with Crippen LogP contribution >= 0.6 is 0 Å². The van der Waals surface area contributed by atoms with E-state index in [4.69, 9.17) is 4.74 Å². The Kier molecular flexibility index (Phi) is 1.47. The summed E-state index contributed by atoms with van der Waals surface area (Å²) in [6.07, 6.45) is 4.45. The molecule has 2 fully saturated rings. The van der Waals surface area contributed by atoms with Gasteiger partial charge in [-0.05, 0) is 49.0 Å². The first-order chi connectivity index (χ1) is 8.02. The van der Waals surface area contributed by atoms with Crippen LogP contribution in [0.3, 0.4) is 0 Å². The molecule has 0 bridgehead atoms. The molecule has 4 atom stereocenters. The molecule has 88 valence electrons. The number of hydrogen-bond donors (Lipinski definition) is 0. The van der Waals surface area contributed by atoms with Gasteiger partial charge in [0, 0.05) is 11.1 Å². The molecule has 1 heterocycles. The van der Waals surface area contributed by atoms with E-state index in [-0.39, 0.29) is 11.4 Å². The van der Waals surface area contributed by atoms with Gasteiger partial charge in [-0.1, -0.05) is 19.1 Å². The smallest absolute Gasteiger partial charge is 0.339 e. The largest absolute Gasteiger partial charge is 0.423 e. The van der Waals surface area contributed by atoms with Crippen LogP contribution in [-0.2, 0) is 9.53 Å². The number of carbonyl (C=O) groups is 1. The lowest BCUT2D eigenvalue weighted by molar-refractivity contribution is -0.133. The number of carbonyl (C=O) groups excluding carboxylic acids is 1. The van der Waals surface area contributed by atoms with Gasteiger partial charge in [-0.25, -0.2) is 4.79 Å². The molecule has 4 rings (SSSR count). The lowest BCUT2D eigenvalue weighted by Gasteiger charge is -2.36. The van der Waals surface area contributed by atoms with E-state index in [1.807, 2.05) is 6.92 Å². The second kappa shape index (κ2) is 2.58. The van der Waals surface area contributed by atoms with Crippen molar-refractivity contribution in [3.63, 3.8) is 0 Å². The Hall–Kier alpha value is -1.31. The van der Waals surface area contributed by atoms with E-state index >= 15 is 0 Å². The molecule has 0 amide bonds. The average molecular weight is 228 g/mol. The van der Waals surface area contributed by atoms with Gasteiger partial charge < -0.3 is 4.74 Å². The molecule has 0 radical (unpaired) electrons. The maximum absolute atomic E-state index is 11.6. The fourth-order valence-corrected chi connectivity index (χ4v) is 4.17. The quantitative estimate of drug-likeness (QED) is 0.470. The highest BCUT2D eigenvalue weighted by molar-refractivity contribution is 5.94. The molecule has 3 aliphatic carbocycles. The lowest BCUT2D eigenvalue weighted by Crippen LogP contribution is -2.29. The molecule has 0 saturated heterocycles. The van der Waals surface area contributed by atoms with Crippen LogP contribution in [0.2, 0.25) is 0 Å². The molecule has 0 aromatic rings. The topological polar surface area (TPSA) is 26.3 Å². The molecule has 1 aliphatic heterocycles. The van der Waals surface area contributed by atoms with Crippen molar-refractivity contribution in [2.75, 3.05) is 0 Å². The standard InChI is InChI=1S/C15H16O2/c1-7-9-4-12(9)15(3)6-13-10(5-11(7)15)8(2)14(16)17-13/h6,9,11-12H,1,4-5H2,2-3H3/t9-,11+,12-,15+/m1/s1. The van der Waals surface area contributed by atoms with Crippen LogP contribution in [0.1, 0.15) is 26.7 Å².